The third-order valence-electron chi connectivity index (χ3n) is 2.32. The first-order valence-electron chi connectivity index (χ1n) is 5.06. The SMILES string of the molecule is CCOC(=O)C(C)(C)n1cc(Cl)cc(Cl)c1=O. The summed E-state index contributed by atoms with van der Waals surface area (Å²) in [7, 11) is 0. The smallest absolute Gasteiger partial charge is 0.331 e. The molecule has 1 aromatic heterocycles. The Hall–Kier alpha value is -1.00. The Morgan fingerprint density at radius 3 is 2.59 bits per heavy atom. The number of esters is 1. The fourth-order valence-corrected chi connectivity index (χ4v) is 1.81. The van der Waals surface area contributed by atoms with Gasteiger partial charge in [-0.25, -0.2) is 4.79 Å². The van der Waals surface area contributed by atoms with E-state index in [2.05, 4.69) is 0 Å². The number of hydrogen-bond acceptors (Lipinski definition) is 3. The van der Waals surface area contributed by atoms with Gasteiger partial charge in [0.2, 0.25) is 0 Å². The summed E-state index contributed by atoms with van der Waals surface area (Å²) < 4.78 is 6.09. The molecule has 0 atom stereocenters. The van der Waals surface area contributed by atoms with Crippen LogP contribution in [0.15, 0.2) is 17.1 Å². The van der Waals surface area contributed by atoms with Crippen molar-refractivity contribution in [3.63, 3.8) is 0 Å². The summed E-state index contributed by atoms with van der Waals surface area (Å²) in [5.41, 5.74) is -1.63. The fourth-order valence-electron chi connectivity index (χ4n) is 1.34. The van der Waals surface area contributed by atoms with E-state index in [-0.39, 0.29) is 16.7 Å². The van der Waals surface area contributed by atoms with E-state index in [0.29, 0.717) is 0 Å². The second kappa shape index (κ2) is 5.10. The van der Waals surface area contributed by atoms with Gasteiger partial charge in [-0.3, -0.25) is 9.36 Å². The van der Waals surface area contributed by atoms with Crippen LogP contribution >= 0.6 is 23.2 Å². The minimum Gasteiger partial charge on any atom is -0.464 e. The van der Waals surface area contributed by atoms with Crippen LogP contribution in [0.3, 0.4) is 0 Å². The second-order valence-corrected chi connectivity index (χ2v) is 4.80. The van der Waals surface area contributed by atoms with E-state index in [1.165, 1.54) is 16.8 Å². The summed E-state index contributed by atoms with van der Waals surface area (Å²) in [4.78, 5) is 23.6. The van der Waals surface area contributed by atoms with E-state index in [1.807, 2.05) is 0 Å². The van der Waals surface area contributed by atoms with Gasteiger partial charge in [-0.2, -0.15) is 0 Å². The van der Waals surface area contributed by atoms with Crippen molar-refractivity contribution in [1.82, 2.24) is 4.57 Å². The maximum Gasteiger partial charge on any atom is 0.331 e. The largest absolute Gasteiger partial charge is 0.464 e. The van der Waals surface area contributed by atoms with Crippen molar-refractivity contribution in [2.45, 2.75) is 26.3 Å². The predicted octanol–water partition coefficient (Wildman–Crippen LogP) is 2.45. The molecule has 0 aliphatic heterocycles. The molecule has 6 heteroatoms. The highest BCUT2D eigenvalue weighted by atomic mass is 35.5. The summed E-state index contributed by atoms with van der Waals surface area (Å²) in [6.07, 6.45) is 1.37. The lowest BCUT2D eigenvalue weighted by Gasteiger charge is -2.25. The van der Waals surface area contributed by atoms with E-state index in [4.69, 9.17) is 27.9 Å². The Kier molecular flexibility index (Phi) is 4.22. The number of ether oxygens (including phenoxy) is 1. The molecule has 0 N–H and O–H groups in total. The van der Waals surface area contributed by atoms with Crippen LogP contribution in [0.2, 0.25) is 10.0 Å². The zero-order valence-corrected chi connectivity index (χ0v) is 11.3. The Balaban J connectivity index is 3.33. The van der Waals surface area contributed by atoms with Crippen LogP contribution in [-0.4, -0.2) is 17.1 Å². The molecule has 1 aromatic rings. The summed E-state index contributed by atoms with van der Waals surface area (Å²) in [5, 5.41) is 0.252. The number of nitrogens with zero attached hydrogens (tertiary/aromatic N) is 1. The molecule has 0 radical (unpaired) electrons. The van der Waals surface area contributed by atoms with E-state index >= 15 is 0 Å². The van der Waals surface area contributed by atoms with Gasteiger partial charge >= 0.3 is 5.97 Å². The molecule has 0 aromatic carbocycles. The van der Waals surface area contributed by atoms with Crippen LogP contribution in [0, 0.1) is 0 Å². The van der Waals surface area contributed by atoms with Gasteiger partial charge in [-0.1, -0.05) is 23.2 Å². The lowest BCUT2D eigenvalue weighted by atomic mass is 10.1. The van der Waals surface area contributed by atoms with Gasteiger partial charge in [0, 0.05) is 6.20 Å². The molecule has 0 fully saturated rings. The zero-order chi connectivity index (χ0) is 13.2. The van der Waals surface area contributed by atoms with Crippen molar-refractivity contribution in [3.05, 3.63) is 32.7 Å². The average Bonchev–Trinajstić information content (AvgIpc) is 2.23. The van der Waals surface area contributed by atoms with Crippen molar-refractivity contribution in [2.24, 2.45) is 0 Å². The van der Waals surface area contributed by atoms with Crippen molar-refractivity contribution in [2.75, 3.05) is 6.61 Å². The van der Waals surface area contributed by atoms with Gasteiger partial charge in [-0.15, -0.1) is 0 Å². The average molecular weight is 278 g/mol. The number of pyridine rings is 1. The first-order valence-corrected chi connectivity index (χ1v) is 5.81. The number of aromatic nitrogens is 1. The number of rotatable bonds is 3. The summed E-state index contributed by atoms with van der Waals surface area (Å²) in [5.74, 6) is -0.513. The predicted molar refractivity (Wildman–Crippen MR) is 66.7 cm³/mol. The molecule has 0 bridgehead atoms. The third kappa shape index (κ3) is 2.82. The van der Waals surface area contributed by atoms with Crippen LogP contribution in [0.1, 0.15) is 20.8 Å². The second-order valence-electron chi connectivity index (χ2n) is 3.96. The molecule has 0 aliphatic rings. The summed E-state index contributed by atoms with van der Waals surface area (Å²) in [6.45, 7) is 5.07. The maximum absolute atomic E-state index is 11.8. The minimum absolute atomic E-state index is 0.0325. The highest BCUT2D eigenvalue weighted by molar-refractivity contribution is 6.34. The molecule has 17 heavy (non-hydrogen) atoms. The first kappa shape index (κ1) is 14.1. The van der Waals surface area contributed by atoms with Crippen LogP contribution in [0.4, 0.5) is 0 Å². The number of hydrogen-bond donors (Lipinski definition) is 0. The van der Waals surface area contributed by atoms with E-state index in [1.54, 1.807) is 20.8 Å². The molecule has 0 amide bonds. The van der Waals surface area contributed by atoms with Crippen LogP contribution in [0.5, 0.6) is 0 Å². The van der Waals surface area contributed by atoms with Gasteiger partial charge in [0.25, 0.3) is 5.56 Å². The van der Waals surface area contributed by atoms with Gasteiger partial charge < -0.3 is 4.74 Å². The monoisotopic (exact) mass is 277 g/mol. The van der Waals surface area contributed by atoms with Gasteiger partial charge in [0.15, 0.2) is 0 Å². The van der Waals surface area contributed by atoms with E-state index in [9.17, 15) is 9.59 Å². The number of carbonyl (C=O) groups is 1. The zero-order valence-electron chi connectivity index (χ0n) is 9.79. The highest BCUT2D eigenvalue weighted by Crippen LogP contribution is 2.19. The Morgan fingerprint density at radius 1 is 1.47 bits per heavy atom. The Labute approximate surface area is 109 Å². The molecular formula is C11H13Cl2NO3. The molecule has 0 unspecified atom stereocenters. The highest BCUT2D eigenvalue weighted by Gasteiger charge is 2.32. The van der Waals surface area contributed by atoms with Crippen LogP contribution in [0.25, 0.3) is 0 Å². The number of carbonyl (C=O) groups excluding carboxylic acids is 1. The molecular weight excluding hydrogens is 265 g/mol. The van der Waals surface area contributed by atoms with E-state index in [0.717, 1.165) is 0 Å². The maximum atomic E-state index is 11.8. The Morgan fingerprint density at radius 2 is 2.06 bits per heavy atom. The molecule has 1 rings (SSSR count). The lowest BCUT2D eigenvalue weighted by molar-refractivity contribution is -0.152. The lowest BCUT2D eigenvalue weighted by Crippen LogP contribution is -2.43. The van der Waals surface area contributed by atoms with Crippen LogP contribution < -0.4 is 5.56 Å². The molecule has 0 aliphatic carbocycles. The van der Waals surface area contributed by atoms with Gasteiger partial charge in [0.05, 0.1) is 11.6 Å². The topological polar surface area (TPSA) is 48.3 Å². The van der Waals surface area contributed by atoms with Crippen LogP contribution in [-0.2, 0) is 15.1 Å². The molecule has 0 saturated heterocycles. The van der Waals surface area contributed by atoms with Crippen molar-refractivity contribution in [1.29, 1.82) is 0 Å². The molecule has 0 saturated carbocycles. The molecule has 0 spiro atoms. The standard InChI is InChI=1S/C11H13Cl2NO3/c1-4-17-10(16)11(2,3)14-6-7(12)5-8(13)9(14)15/h5-6H,4H2,1-3H3. The quantitative estimate of drug-likeness (QED) is 0.798. The first-order chi connectivity index (χ1) is 7.80. The molecule has 1 heterocycles. The third-order valence-corrected chi connectivity index (χ3v) is 2.79. The van der Waals surface area contributed by atoms with Gasteiger partial charge in [0.1, 0.15) is 10.6 Å². The van der Waals surface area contributed by atoms with E-state index < -0.39 is 17.1 Å². The van der Waals surface area contributed by atoms with Crippen molar-refractivity contribution in [3.8, 4) is 0 Å². The normalized spacial score (nSPS) is 11.4. The molecule has 4 nitrogen and oxygen atoms in total. The fraction of sp³-hybridized carbons (Fsp3) is 0.455. The van der Waals surface area contributed by atoms with Gasteiger partial charge in [-0.05, 0) is 26.8 Å². The summed E-state index contributed by atoms with van der Waals surface area (Å²) in [6, 6.07) is 1.34. The Bertz CT molecular complexity index is 494. The minimum atomic E-state index is -1.15. The summed E-state index contributed by atoms with van der Waals surface area (Å²) >= 11 is 11.6. The van der Waals surface area contributed by atoms with Crippen molar-refractivity contribution >= 4 is 29.2 Å². The molecule has 94 valence electrons. The number of halogens is 2. The van der Waals surface area contributed by atoms with Crippen molar-refractivity contribution < 1.29 is 9.53 Å².